The van der Waals surface area contributed by atoms with E-state index in [1.54, 1.807) is 7.11 Å². The Kier molecular flexibility index (Phi) is 6.63. The second-order valence-corrected chi connectivity index (χ2v) is 6.44. The number of nitrogens with one attached hydrogen (secondary N) is 1. The molecule has 1 aliphatic carbocycles. The van der Waals surface area contributed by atoms with E-state index in [9.17, 15) is 4.79 Å². The molecule has 0 bridgehead atoms. The van der Waals surface area contributed by atoms with Gasteiger partial charge in [-0.1, -0.05) is 13.8 Å². The van der Waals surface area contributed by atoms with Crippen LogP contribution in [-0.4, -0.2) is 49.8 Å². The van der Waals surface area contributed by atoms with Gasteiger partial charge in [-0.2, -0.15) is 0 Å². The predicted octanol–water partition coefficient (Wildman–Crippen LogP) is 3.16. The van der Waals surface area contributed by atoms with Crippen LogP contribution < -0.4 is 10.1 Å². The normalized spacial score (nSPS) is 16.7. The molecule has 0 saturated heterocycles. The maximum absolute atomic E-state index is 12.5. The molecule has 5 nitrogen and oxygen atoms in total. The third-order valence-electron chi connectivity index (χ3n) is 4.91. The highest BCUT2D eigenvalue weighted by molar-refractivity contribution is 5.97. The third-order valence-corrected chi connectivity index (χ3v) is 4.91. The number of ether oxygens (including phenoxy) is 2. The highest BCUT2D eigenvalue weighted by Gasteiger charge is 2.47. The van der Waals surface area contributed by atoms with Crippen LogP contribution in [0.25, 0.3) is 0 Å². The molecule has 1 amide bonds. The number of hydrogen-bond acceptors (Lipinski definition) is 4. The lowest BCUT2D eigenvalue weighted by Gasteiger charge is -2.26. The summed E-state index contributed by atoms with van der Waals surface area (Å²) in [7, 11) is 1.60. The maximum atomic E-state index is 12.5. The molecule has 24 heavy (non-hydrogen) atoms. The van der Waals surface area contributed by atoms with Crippen LogP contribution in [-0.2, 0) is 9.53 Å². The molecule has 0 heterocycles. The Morgan fingerprint density at radius 1 is 1.25 bits per heavy atom. The van der Waals surface area contributed by atoms with Crippen molar-refractivity contribution in [1.29, 1.82) is 0 Å². The summed E-state index contributed by atoms with van der Waals surface area (Å²) < 4.78 is 11.2. The zero-order chi connectivity index (χ0) is 17.6. The Labute approximate surface area is 145 Å². The van der Waals surface area contributed by atoms with E-state index in [0.717, 1.165) is 43.9 Å². The average molecular weight is 334 g/mol. The summed E-state index contributed by atoms with van der Waals surface area (Å²) in [5.41, 5.74) is 0.0267. The molecule has 0 aromatic heterocycles. The van der Waals surface area contributed by atoms with E-state index in [1.807, 2.05) is 31.2 Å². The SMILES string of the molecule is CCN(CC)CCOc1ccc(NC(=O)[C@](C)(OC)C2CC2)cc1. The maximum Gasteiger partial charge on any atom is 0.256 e. The molecule has 2 rings (SSSR count). The highest BCUT2D eigenvalue weighted by Crippen LogP contribution is 2.42. The third kappa shape index (κ3) is 4.71. The van der Waals surface area contributed by atoms with Crippen molar-refractivity contribution in [2.45, 2.75) is 39.2 Å². The van der Waals surface area contributed by atoms with Crippen LogP contribution in [0.4, 0.5) is 5.69 Å². The minimum absolute atomic E-state index is 0.0808. The molecule has 1 aromatic carbocycles. The second kappa shape index (κ2) is 8.49. The number of rotatable bonds is 10. The minimum atomic E-state index is -0.737. The van der Waals surface area contributed by atoms with Gasteiger partial charge in [-0.15, -0.1) is 0 Å². The van der Waals surface area contributed by atoms with Gasteiger partial charge in [-0.3, -0.25) is 4.79 Å². The fourth-order valence-corrected chi connectivity index (χ4v) is 2.80. The van der Waals surface area contributed by atoms with Crippen LogP contribution in [0, 0.1) is 5.92 Å². The van der Waals surface area contributed by atoms with Gasteiger partial charge < -0.3 is 19.7 Å². The van der Waals surface area contributed by atoms with Crippen molar-refractivity contribution in [2.75, 3.05) is 38.7 Å². The zero-order valence-corrected chi connectivity index (χ0v) is 15.3. The molecule has 1 N–H and O–H groups in total. The van der Waals surface area contributed by atoms with E-state index in [0.29, 0.717) is 12.5 Å². The molecular weight excluding hydrogens is 304 g/mol. The van der Waals surface area contributed by atoms with Gasteiger partial charge in [0.05, 0.1) is 0 Å². The molecule has 1 atom stereocenters. The molecule has 1 fully saturated rings. The van der Waals surface area contributed by atoms with Crippen molar-refractivity contribution >= 4 is 11.6 Å². The summed E-state index contributed by atoms with van der Waals surface area (Å²) in [5, 5.41) is 2.95. The number of methoxy groups -OCH3 is 1. The Balaban J connectivity index is 1.84. The summed E-state index contributed by atoms with van der Waals surface area (Å²) in [5.74, 6) is 1.06. The summed E-state index contributed by atoms with van der Waals surface area (Å²) in [4.78, 5) is 14.8. The lowest BCUT2D eigenvalue weighted by molar-refractivity contribution is -0.138. The van der Waals surface area contributed by atoms with Gasteiger partial charge in [-0.25, -0.2) is 0 Å². The molecule has 1 aliphatic rings. The second-order valence-electron chi connectivity index (χ2n) is 6.44. The monoisotopic (exact) mass is 334 g/mol. The van der Waals surface area contributed by atoms with Gasteiger partial charge in [0, 0.05) is 19.3 Å². The van der Waals surface area contributed by atoms with Gasteiger partial charge in [0.15, 0.2) is 0 Å². The number of carbonyl (C=O) groups excluding carboxylic acids is 1. The fraction of sp³-hybridized carbons (Fsp3) is 0.632. The molecular formula is C19H30N2O3. The highest BCUT2D eigenvalue weighted by atomic mass is 16.5. The number of amides is 1. The van der Waals surface area contributed by atoms with E-state index in [4.69, 9.17) is 9.47 Å². The first-order valence-corrected chi connectivity index (χ1v) is 8.85. The molecule has 0 unspecified atom stereocenters. The van der Waals surface area contributed by atoms with Gasteiger partial charge in [-0.05, 0) is 63.0 Å². The van der Waals surface area contributed by atoms with Crippen molar-refractivity contribution in [3.8, 4) is 5.75 Å². The van der Waals surface area contributed by atoms with Crippen LogP contribution >= 0.6 is 0 Å². The Bertz CT molecular complexity index is 524. The first kappa shape index (κ1) is 18.7. The smallest absolute Gasteiger partial charge is 0.256 e. The summed E-state index contributed by atoms with van der Waals surface area (Å²) in [6.45, 7) is 9.81. The lowest BCUT2D eigenvalue weighted by Crippen LogP contribution is -2.44. The van der Waals surface area contributed by atoms with E-state index >= 15 is 0 Å². The van der Waals surface area contributed by atoms with E-state index in [2.05, 4.69) is 24.1 Å². The Morgan fingerprint density at radius 2 is 1.88 bits per heavy atom. The van der Waals surface area contributed by atoms with Crippen LogP contribution in [0.5, 0.6) is 5.75 Å². The average Bonchev–Trinajstić information content (AvgIpc) is 3.45. The van der Waals surface area contributed by atoms with E-state index in [-0.39, 0.29) is 5.91 Å². The van der Waals surface area contributed by atoms with Crippen LogP contribution in [0.15, 0.2) is 24.3 Å². The van der Waals surface area contributed by atoms with Crippen molar-refractivity contribution in [3.05, 3.63) is 24.3 Å². The number of anilines is 1. The van der Waals surface area contributed by atoms with Crippen LogP contribution in [0.2, 0.25) is 0 Å². The number of nitrogens with zero attached hydrogens (tertiary/aromatic N) is 1. The predicted molar refractivity (Wildman–Crippen MR) is 96.5 cm³/mol. The molecule has 134 valence electrons. The van der Waals surface area contributed by atoms with Crippen molar-refractivity contribution < 1.29 is 14.3 Å². The Hall–Kier alpha value is -1.59. The minimum Gasteiger partial charge on any atom is -0.492 e. The number of carbonyl (C=O) groups is 1. The first-order chi connectivity index (χ1) is 11.5. The summed E-state index contributed by atoms with van der Waals surface area (Å²) >= 11 is 0. The fourth-order valence-electron chi connectivity index (χ4n) is 2.80. The van der Waals surface area contributed by atoms with Gasteiger partial charge in [0.2, 0.25) is 0 Å². The zero-order valence-electron chi connectivity index (χ0n) is 15.3. The topological polar surface area (TPSA) is 50.8 Å². The van der Waals surface area contributed by atoms with Gasteiger partial charge in [0.1, 0.15) is 18.0 Å². The molecule has 1 aromatic rings. The quantitative estimate of drug-likeness (QED) is 0.714. The van der Waals surface area contributed by atoms with Crippen LogP contribution in [0.1, 0.15) is 33.6 Å². The largest absolute Gasteiger partial charge is 0.492 e. The molecule has 1 saturated carbocycles. The van der Waals surface area contributed by atoms with Crippen LogP contribution in [0.3, 0.4) is 0 Å². The van der Waals surface area contributed by atoms with Gasteiger partial charge >= 0.3 is 0 Å². The molecule has 5 heteroatoms. The molecule has 0 spiro atoms. The van der Waals surface area contributed by atoms with Crippen molar-refractivity contribution in [1.82, 2.24) is 4.90 Å². The standard InChI is InChI=1S/C19H30N2O3/c1-5-21(6-2)13-14-24-17-11-9-16(10-12-17)20-18(22)19(3,23-4)15-7-8-15/h9-12,15H,5-8,13-14H2,1-4H3,(H,20,22)/t19-/m1/s1. The van der Waals surface area contributed by atoms with Gasteiger partial charge in [0.25, 0.3) is 5.91 Å². The summed E-state index contributed by atoms with van der Waals surface area (Å²) in [6.07, 6.45) is 2.11. The number of benzene rings is 1. The lowest BCUT2D eigenvalue weighted by atomic mass is 9.99. The molecule has 0 aliphatic heterocycles. The van der Waals surface area contributed by atoms with Crippen molar-refractivity contribution in [3.63, 3.8) is 0 Å². The Morgan fingerprint density at radius 3 is 2.38 bits per heavy atom. The first-order valence-electron chi connectivity index (χ1n) is 8.85. The van der Waals surface area contributed by atoms with E-state index in [1.165, 1.54) is 0 Å². The number of likely N-dealkylation sites (N-methyl/N-ethyl adjacent to an activating group) is 1. The van der Waals surface area contributed by atoms with Crippen molar-refractivity contribution in [2.24, 2.45) is 5.92 Å². The van der Waals surface area contributed by atoms with E-state index < -0.39 is 5.60 Å². The number of hydrogen-bond donors (Lipinski definition) is 1. The molecule has 0 radical (unpaired) electrons. The summed E-state index contributed by atoms with van der Waals surface area (Å²) in [6, 6.07) is 7.51.